The summed E-state index contributed by atoms with van der Waals surface area (Å²) in [5, 5.41) is 0. The van der Waals surface area contributed by atoms with Gasteiger partial charge in [0.25, 0.3) is 5.56 Å². The number of hydrogen-bond donors (Lipinski definition) is 0. The first-order valence-corrected chi connectivity index (χ1v) is 7.82. The van der Waals surface area contributed by atoms with Crippen molar-refractivity contribution in [1.29, 1.82) is 0 Å². The minimum absolute atomic E-state index is 0.00682. The predicted molar refractivity (Wildman–Crippen MR) is 88.9 cm³/mol. The molecule has 0 radical (unpaired) electrons. The molecule has 0 aliphatic carbocycles. The molecule has 1 aromatic heterocycles. The van der Waals surface area contributed by atoms with Crippen molar-refractivity contribution < 1.29 is 4.39 Å². The van der Waals surface area contributed by atoms with Gasteiger partial charge in [0.2, 0.25) is 0 Å². The number of rotatable bonds is 2. The van der Waals surface area contributed by atoms with Gasteiger partial charge in [-0.2, -0.15) is 0 Å². The number of nitrogens with zero attached hydrogens (tertiary/aromatic N) is 2. The van der Waals surface area contributed by atoms with Gasteiger partial charge in [-0.25, -0.2) is 9.07 Å². The first kappa shape index (κ1) is 14.0. The maximum atomic E-state index is 13.3. The van der Waals surface area contributed by atoms with Crippen molar-refractivity contribution in [3.63, 3.8) is 0 Å². The van der Waals surface area contributed by atoms with Crippen molar-refractivity contribution in [1.82, 2.24) is 9.36 Å². The van der Waals surface area contributed by atoms with E-state index in [2.05, 4.69) is 4.68 Å². The Kier molecular flexibility index (Phi) is 3.18. The molecule has 3 aromatic rings. The second-order valence-electron chi connectivity index (χ2n) is 5.95. The van der Waals surface area contributed by atoms with Crippen LogP contribution in [0.25, 0.3) is 22.4 Å². The molecule has 2 heterocycles. The topological polar surface area (TPSA) is 26.9 Å². The SMILES string of the molecule is Cc1ccccc1-c1c(-c2ccc(F)cc2)c(=O)n2n1CCC2. The van der Waals surface area contributed by atoms with Crippen LogP contribution in [-0.2, 0) is 13.1 Å². The molecule has 116 valence electrons. The summed E-state index contributed by atoms with van der Waals surface area (Å²) >= 11 is 0. The lowest BCUT2D eigenvalue weighted by Crippen LogP contribution is -2.17. The first-order chi connectivity index (χ1) is 11.2. The molecule has 0 spiro atoms. The molecular weight excluding hydrogens is 291 g/mol. The van der Waals surface area contributed by atoms with E-state index in [4.69, 9.17) is 0 Å². The van der Waals surface area contributed by atoms with Gasteiger partial charge < -0.3 is 0 Å². The molecule has 3 nitrogen and oxygen atoms in total. The maximum Gasteiger partial charge on any atom is 0.275 e. The third-order valence-electron chi connectivity index (χ3n) is 4.51. The molecule has 1 aliphatic heterocycles. The van der Waals surface area contributed by atoms with Gasteiger partial charge in [-0.15, -0.1) is 0 Å². The average Bonchev–Trinajstić information content (AvgIpc) is 3.12. The van der Waals surface area contributed by atoms with Crippen molar-refractivity contribution in [3.8, 4) is 22.4 Å². The standard InChI is InChI=1S/C19H17FN2O/c1-13-5-2-3-6-16(13)18-17(14-7-9-15(20)10-8-14)19(23)22-12-4-11-21(18)22/h2-3,5-10H,4,11-12H2,1H3. The zero-order valence-electron chi connectivity index (χ0n) is 12.9. The van der Waals surface area contributed by atoms with E-state index in [0.717, 1.165) is 41.9 Å². The van der Waals surface area contributed by atoms with Gasteiger partial charge in [0, 0.05) is 18.7 Å². The maximum absolute atomic E-state index is 13.3. The van der Waals surface area contributed by atoms with Crippen LogP contribution in [0.2, 0.25) is 0 Å². The summed E-state index contributed by atoms with van der Waals surface area (Å²) in [7, 11) is 0. The van der Waals surface area contributed by atoms with E-state index >= 15 is 0 Å². The van der Waals surface area contributed by atoms with E-state index in [-0.39, 0.29) is 11.4 Å². The van der Waals surface area contributed by atoms with Gasteiger partial charge in [0.05, 0.1) is 11.3 Å². The number of hydrogen-bond acceptors (Lipinski definition) is 1. The highest BCUT2D eigenvalue weighted by molar-refractivity contribution is 5.82. The van der Waals surface area contributed by atoms with Crippen LogP contribution in [0, 0.1) is 12.7 Å². The summed E-state index contributed by atoms with van der Waals surface area (Å²) in [6.07, 6.45) is 0.970. The molecule has 23 heavy (non-hydrogen) atoms. The second kappa shape index (κ2) is 5.23. The van der Waals surface area contributed by atoms with E-state index < -0.39 is 0 Å². The van der Waals surface area contributed by atoms with Crippen molar-refractivity contribution in [3.05, 3.63) is 70.3 Å². The Labute approximate surface area is 133 Å². The molecule has 4 rings (SSSR count). The van der Waals surface area contributed by atoms with E-state index in [9.17, 15) is 9.18 Å². The van der Waals surface area contributed by atoms with Gasteiger partial charge in [-0.3, -0.25) is 9.48 Å². The molecule has 0 fully saturated rings. The average molecular weight is 308 g/mol. The van der Waals surface area contributed by atoms with Crippen LogP contribution in [0.3, 0.4) is 0 Å². The van der Waals surface area contributed by atoms with Crippen LogP contribution < -0.4 is 5.56 Å². The Morgan fingerprint density at radius 3 is 2.39 bits per heavy atom. The fourth-order valence-corrected chi connectivity index (χ4v) is 3.40. The van der Waals surface area contributed by atoms with Crippen molar-refractivity contribution in [2.24, 2.45) is 0 Å². The summed E-state index contributed by atoms with van der Waals surface area (Å²) in [6.45, 7) is 3.62. The highest BCUT2D eigenvalue weighted by Gasteiger charge is 2.25. The summed E-state index contributed by atoms with van der Waals surface area (Å²) in [4.78, 5) is 12.9. The molecule has 2 aromatic carbocycles. The molecule has 1 aliphatic rings. The Morgan fingerprint density at radius 1 is 0.957 bits per heavy atom. The molecule has 0 atom stereocenters. The van der Waals surface area contributed by atoms with Gasteiger partial charge in [0.15, 0.2) is 0 Å². The van der Waals surface area contributed by atoms with Gasteiger partial charge in [-0.1, -0.05) is 36.4 Å². The quantitative estimate of drug-likeness (QED) is 0.707. The largest absolute Gasteiger partial charge is 0.281 e. The summed E-state index contributed by atoms with van der Waals surface area (Å²) < 4.78 is 17.1. The normalized spacial score (nSPS) is 13.3. The lowest BCUT2D eigenvalue weighted by molar-refractivity contribution is 0.599. The zero-order chi connectivity index (χ0) is 16.0. The summed E-state index contributed by atoms with van der Waals surface area (Å²) in [5.74, 6) is -0.293. The summed E-state index contributed by atoms with van der Waals surface area (Å²) in [6, 6.07) is 14.3. The molecule has 0 N–H and O–H groups in total. The fraction of sp³-hybridized carbons (Fsp3) is 0.211. The van der Waals surface area contributed by atoms with Crippen molar-refractivity contribution in [2.75, 3.05) is 0 Å². The highest BCUT2D eigenvalue weighted by atomic mass is 19.1. The Bertz CT molecular complexity index is 935. The van der Waals surface area contributed by atoms with E-state index in [1.807, 2.05) is 31.2 Å². The first-order valence-electron chi connectivity index (χ1n) is 7.82. The third kappa shape index (κ3) is 2.13. The number of halogens is 1. The van der Waals surface area contributed by atoms with Crippen LogP contribution in [0.4, 0.5) is 4.39 Å². The smallest absolute Gasteiger partial charge is 0.275 e. The van der Waals surface area contributed by atoms with E-state index in [0.29, 0.717) is 5.56 Å². The highest BCUT2D eigenvalue weighted by Crippen LogP contribution is 2.34. The monoisotopic (exact) mass is 308 g/mol. The van der Waals surface area contributed by atoms with Crippen LogP contribution in [-0.4, -0.2) is 9.36 Å². The second-order valence-corrected chi connectivity index (χ2v) is 5.95. The van der Waals surface area contributed by atoms with Crippen molar-refractivity contribution in [2.45, 2.75) is 26.4 Å². The van der Waals surface area contributed by atoms with Gasteiger partial charge in [-0.05, 0) is 36.6 Å². The fourth-order valence-electron chi connectivity index (χ4n) is 3.40. The Morgan fingerprint density at radius 2 is 1.65 bits per heavy atom. The number of benzene rings is 2. The number of fused-ring (bicyclic) bond motifs is 1. The minimum Gasteiger partial charge on any atom is -0.281 e. The Balaban J connectivity index is 2.05. The Hall–Kier alpha value is -2.62. The third-order valence-corrected chi connectivity index (χ3v) is 4.51. The van der Waals surface area contributed by atoms with Crippen LogP contribution in [0.1, 0.15) is 12.0 Å². The zero-order valence-corrected chi connectivity index (χ0v) is 12.9. The number of aryl methyl sites for hydroxylation is 1. The molecule has 0 amide bonds. The molecule has 0 unspecified atom stereocenters. The van der Waals surface area contributed by atoms with Gasteiger partial charge >= 0.3 is 0 Å². The molecular formula is C19H17FN2O. The van der Waals surface area contributed by atoms with Crippen LogP contribution in [0.15, 0.2) is 53.3 Å². The van der Waals surface area contributed by atoms with E-state index in [1.165, 1.54) is 12.1 Å². The molecule has 0 bridgehead atoms. The lowest BCUT2D eigenvalue weighted by Gasteiger charge is -2.11. The molecule has 4 heteroatoms. The minimum atomic E-state index is -0.293. The summed E-state index contributed by atoms with van der Waals surface area (Å²) in [5.41, 5.74) is 4.57. The van der Waals surface area contributed by atoms with Crippen LogP contribution in [0.5, 0.6) is 0 Å². The van der Waals surface area contributed by atoms with E-state index in [1.54, 1.807) is 16.8 Å². The molecule has 0 saturated heterocycles. The molecule has 0 saturated carbocycles. The van der Waals surface area contributed by atoms with Gasteiger partial charge in [0.1, 0.15) is 5.82 Å². The lowest BCUT2D eigenvalue weighted by atomic mass is 9.98. The predicted octanol–water partition coefficient (Wildman–Crippen LogP) is 3.84. The van der Waals surface area contributed by atoms with Crippen molar-refractivity contribution >= 4 is 0 Å². The van der Waals surface area contributed by atoms with Crippen LogP contribution >= 0.6 is 0 Å². The number of aromatic nitrogens is 2.